The molecule has 0 aliphatic rings. The van der Waals surface area contributed by atoms with Crippen LogP contribution in [-0.4, -0.2) is 46.0 Å². The molecule has 0 aliphatic heterocycles. The highest BCUT2D eigenvalue weighted by atomic mass is 16.3. The van der Waals surface area contributed by atoms with Crippen LogP contribution in [0.15, 0.2) is 30.3 Å². The van der Waals surface area contributed by atoms with Crippen molar-refractivity contribution in [1.82, 2.24) is 14.7 Å². The summed E-state index contributed by atoms with van der Waals surface area (Å²) >= 11 is 0. The highest BCUT2D eigenvalue weighted by Crippen LogP contribution is 2.31. The molecule has 0 spiro atoms. The largest absolute Gasteiger partial charge is 0.395 e. The Bertz CT molecular complexity index is 702. The summed E-state index contributed by atoms with van der Waals surface area (Å²) in [6, 6.07) is 9.44. The van der Waals surface area contributed by atoms with Gasteiger partial charge in [-0.3, -0.25) is 5.32 Å². The molecule has 1 heterocycles. The van der Waals surface area contributed by atoms with E-state index >= 15 is 0 Å². The zero-order valence-corrected chi connectivity index (χ0v) is 15.0. The number of para-hydroxylation sites is 1. The first kappa shape index (κ1) is 18.0. The fourth-order valence-corrected chi connectivity index (χ4v) is 2.56. The van der Waals surface area contributed by atoms with E-state index in [1.54, 1.807) is 11.7 Å². The van der Waals surface area contributed by atoms with Crippen molar-refractivity contribution in [2.75, 3.05) is 25.5 Å². The maximum Gasteiger partial charge on any atom is 0.322 e. The van der Waals surface area contributed by atoms with Crippen LogP contribution in [0.4, 0.5) is 10.6 Å². The number of aliphatic hydroxyl groups is 1. The Morgan fingerprint density at radius 2 is 1.92 bits per heavy atom. The maximum atomic E-state index is 12.4. The van der Waals surface area contributed by atoms with E-state index in [0.29, 0.717) is 5.82 Å². The summed E-state index contributed by atoms with van der Waals surface area (Å²) in [5.74, 6) is 0.654. The minimum atomic E-state index is -0.273. The number of urea groups is 1. The molecule has 2 N–H and O–H groups in total. The molecule has 6 nitrogen and oxygen atoms in total. The number of hydrogen-bond acceptors (Lipinski definition) is 3. The van der Waals surface area contributed by atoms with Crippen LogP contribution < -0.4 is 5.32 Å². The number of benzene rings is 1. The van der Waals surface area contributed by atoms with E-state index in [-0.39, 0.29) is 24.6 Å². The van der Waals surface area contributed by atoms with Crippen molar-refractivity contribution in [2.45, 2.75) is 33.1 Å². The SMILES string of the molecule is Cc1c(C(C)(C)C)nn(-c2ccccc2)c1NC(=O)N(C)CCO. The average Bonchev–Trinajstić information content (AvgIpc) is 2.85. The third-order valence-corrected chi connectivity index (χ3v) is 3.84. The molecule has 0 saturated heterocycles. The van der Waals surface area contributed by atoms with E-state index in [4.69, 9.17) is 10.2 Å². The van der Waals surface area contributed by atoms with Crippen LogP contribution in [0.3, 0.4) is 0 Å². The van der Waals surface area contributed by atoms with Gasteiger partial charge in [-0.15, -0.1) is 0 Å². The van der Waals surface area contributed by atoms with Crippen molar-refractivity contribution in [3.63, 3.8) is 0 Å². The first-order valence-corrected chi connectivity index (χ1v) is 8.04. The quantitative estimate of drug-likeness (QED) is 0.905. The smallest absolute Gasteiger partial charge is 0.322 e. The second-order valence-corrected chi connectivity index (χ2v) is 6.89. The number of anilines is 1. The Morgan fingerprint density at radius 1 is 1.29 bits per heavy atom. The minimum absolute atomic E-state index is 0.0753. The molecule has 0 fully saturated rings. The van der Waals surface area contributed by atoms with E-state index in [1.807, 2.05) is 37.3 Å². The Kier molecular flexibility index (Phi) is 5.29. The predicted molar refractivity (Wildman–Crippen MR) is 95.7 cm³/mol. The fourth-order valence-electron chi connectivity index (χ4n) is 2.56. The summed E-state index contributed by atoms with van der Waals surface area (Å²) in [5.41, 5.74) is 2.63. The van der Waals surface area contributed by atoms with Crippen molar-refractivity contribution in [2.24, 2.45) is 0 Å². The summed E-state index contributed by atoms with van der Waals surface area (Å²) in [7, 11) is 1.65. The fraction of sp³-hybridized carbons (Fsp3) is 0.444. The molecule has 2 aromatic rings. The number of aromatic nitrogens is 2. The van der Waals surface area contributed by atoms with Crippen LogP contribution in [0.2, 0.25) is 0 Å². The molecule has 6 heteroatoms. The first-order chi connectivity index (χ1) is 11.3. The molecule has 0 saturated carbocycles. The lowest BCUT2D eigenvalue weighted by Gasteiger charge is -2.18. The molecular formula is C18H26N4O2. The van der Waals surface area contributed by atoms with Gasteiger partial charge in [-0.1, -0.05) is 39.0 Å². The molecule has 0 unspecified atom stereocenters. The Balaban J connectivity index is 2.48. The second-order valence-electron chi connectivity index (χ2n) is 6.89. The second kappa shape index (κ2) is 7.05. The molecule has 0 bridgehead atoms. The van der Waals surface area contributed by atoms with Crippen LogP contribution in [0.1, 0.15) is 32.0 Å². The van der Waals surface area contributed by atoms with Crippen LogP contribution in [-0.2, 0) is 5.41 Å². The Morgan fingerprint density at radius 3 is 2.46 bits per heavy atom. The standard InChI is InChI=1S/C18H26N4O2/c1-13-15(18(2,3)4)20-22(14-9-7-6-8-10-14)16(13)19-17(24)21(5)11-12-23/h6-10,23H,11-12H2,1-5H3,(H,19,24). The van der Waals surface area contributed by atoms with Gasteiger partial charge in [-0.25, -0.2) is 9.48 Å². The summed E-state index contributed by atoms with van der Waals surface area (Å²) in [6.07, 6.45) is 0. The summed E-state index contributed by atoms with van der Waals surface area (Å²) in [4.78, 5) is 13.8. The third kappa shape index (κ3) is 3.76. The maximum absolute atomic E-state index is 12.4. The van der Waals surface area contributed by atoms with Gasteiger partial charge in [-0.05, 0) is 19.1 Å². The number of hydrogen-bond donors (Lipinski definition) is 2. The van der Waals surface area contributed by atoms with Crippen molar-refractivity contribution < 1.29 is 9.90 Å². The molecule has 0 aliphatic carbocycles. The molecule has 2 rings (SSSR count). The molecule has 0 radical (unpaired) electrons. The van der Waals surface area contributed by atoms with Gasteiger partial charge in [0, 0.05) is 24.6 Å². The van der Waals surface area contributed by atoms with E-state index in [1.165, 1.54) is 4.90 Å². The number of amides is 2. The molecule has 24 heavy (non-hydrogen) atoms. The lowest BCUT2D eigenvalue weighted by molar-refractivity contribution is 0.202. The highest BCUT2D eigenvalue weighted by molar-refractivity contribution is 5.89. The van der Waals surface area contributed by atoms with Crippen LogP contribution >= 0.6 is 0 Å². The van der Waals surface area contributed by atoms with Crippen molar-refractivity contribution in [3.05, 3.63) is 41.6 Å². The molecule has 0 atom stereocenters. The topological polar surface area (TPSA) is 70.4 Å². The van der Waals surface area contributed by atoms with Gasteiger partial charge in [0.25, 0.3) is 0 Å². The van der Waals surface area contributed by atoms with Crippen molar-refractivity contribution >= 4 is 11.8 Å². The van der Waals surface area contributed by atoms with Crippen LogP contribution in [0.25, 0.3) is 5.69 Å². The van der Waals surface area contributed by atoms with E-state index in [9.17, 15) is 4.79 Å². The molecule has 1 aromatic carbocycles. The zero-order valence-electron chi connectivity index (χ0n) is 15.0. The minimum Gasteiger partial charge on any atom is -0.395 e. The van der Waals surface area contributed by atoms with E-state index < -0.39 is 0 Å². The van der Waals surface area contributed by atoms with E-state index in [0.717, 1.165) is 16.9 Å². The van der Waals surface area contributed by atoms with Gasteiger partial charge >= 0.3 is 6.03 Å². The third-order valence-electron chi connectivity index (χ3n) is 3.84. The molecule has 2 amide bonds. The van der Waals surface area contributed by atoms with Crippen LogP contribution in [0, 0.1) is 6.92 Å². The predicted octanol–water partition coefficient (Wildman–Crippen LogP) is 2.93. The van der Waals surface area contributed by atoms with Gasteiger partial charge in [0.15, 0.2) is 0 Å². The van der Waals surface area contributed by atoms with Gasteiger partial charge in [0.05, 0.1) is 18.0 Å². The number of aliphatic hydroxyl groups excluding tert-OH is 1. The molecule has 130 valence electrons. The number of rotatable bonds is 4. The van der Waals surface area contributed by atoms with Crippen molar-refractivity contribution in [1.29, 1.82) is 0 Å². The Hall–Kier alpha value is -2.34. The normalized spacial score (nSPS) is 11.4. The van der Waals surface area contributed by atoms with Gasteiger partial charge in [0.1, 0.15) is 5.82 Å². The summed E-state index contributed by atoms with van der Waals surface area (Å²) < 4.78 is 1.76. The average molecular weight is 330 g/mol. The first-order valence-electron chi connectivity index (χ1n) is 8.04. The number of nitrogens with one attached hydrogen (secondary N) is 1. The number of carbonyl (C=O) groups excluding carboxylic acids is 1. The van der Waals surface area contributed by atoms with Gasteiger partial charge < -0.3 is 10.0 Å². The number of carbonyl (C=O) groups is 1. The lowest BCUT2D eigenvalue weighted by atomic mass is 9.90. The van der Waals surface area contributed by atoms with Gasteiger partial charge in [0.2, 0.25) is 0 Å². The number of nitrogens with zero attached hydrogens (tertiary/aromatic N) is 3. The van der Waals surface area contributed by atoms with Crippen LogP contribution in [0.5, 0.6) is 0 Å². The zero-order chi connectivity index (χ0) is 17.9. The summed E-state index contributed by atoms with van der Waals surface area (Å²) in [5, 5.41) is 16.7. The van der Waals surface area contributed by atoms with Gasteiger partial charge in [-0.2, -0.15) is 5.10 Å². The summed E-state index contributed by atoms with van der Waals surface area (Å²) in [6.45, 7) is 8.46. The monoisotopic (exact) mass is 330 g/mol. The molecule has 1 aromatic heterocycles. The highest BCUT2D eigenvalue weighted by Gasteiger charge is 2.26. The lowest BCUT2D eigenvalue weighted by Crippen LogP contribution is -2.34. The Labute approximate surface area is 143 Å². The number of likely N-dealkylation sites (N-methyl/N-ethyl adjacent to an activating group) is 1. The van der Waals surface area contributed by atoms with E-state index in [2.05, 4.69) is 26.1 Å². The van der Waals surface area contributed by atoms with Crippen molar-refractivity contribution in [3.8, 4) is 5.69 Å². The molecular weight excluding hydrogens is 304 g/mol.